The third-order valence-corrected chi connectivity index (χ3v) is 7.68. The van der Waals surface area contributed by atoms with Gasteiger partial charge in [0.05, 0.1) is 22.1 Å². The molecule has 7 aromatic rings. The molecular formula is C38H28N4O2. The number of aromatic nitrogens is 4. The van der Waals surface area contributed by atoms with Gasteiger partial charge < -0.3 is 10.2 Å². The van der Waals surface area contributed by atoms with Crippen LogP contribution in [0.15, 0.2) is 122 Å². The molecule has 0 amide bonds. The molecule has 1 aromatic heterocycles. The van der Waals surface area contributed by atoms with Gasteiger partial charge >= 0.3 is 0 Å². The molecule has 0 saturated carbocycles. The first-order valence-corrected chi connectivity index (χ1v) is 14.3. The first-order valence-electron chi connectivity index (χ1n) is 14.3. The lowest BCUT2D eigenvalue weighted by Gasteiger charge is -2.02. The molecule has 0 spiro atoms. The molecule has 0 atom stereocenters. The van der Waals surface area contributed by atoms with Crippen LogP contribution in [0.2, 0.25) is 0 Å². The van der Waals surface area contributed by atoms with E-state index in [1.807, 2.05) is 111 Å². The Kier molecular flexibility index (Phi) is 6.79. The number of aromatic hydroxyl groups is 2. The maximum absolute atomic E-state index is 11.3. The van der Waals surface area contributed by atoms with Gasteiger partial charge in [0.15, 0.2) is 0 Å². The van der Waals surface area contributed by atoms with Gasteiger partial charge in [-0.1, -0.05) is 48.5 Å². The zero-order chi connectivity index (χ0) is 30.2. The van der Waals surface area contributed by atoms with Crippen molar-refractivity contribution in [3.05, 3.63) is 133 Å². The van der Waals surface area contributed by atoms with Crippen LogP contribution in [0.4, 0.5) is 0 Å². The van der Waals surface area contributed by atoms with Crippen LogP contribution in [-0.2, 0) is 0 Å². The number of fused-ring (bicyclic) bond motifs is 8. The number of aryl methyl sites for hydroxylation is 2. The quantitative estimate of drug-likeness (QED) is 0.188. The summed E-state index contributed by atoms with van der Waals surface area (Å²) in [6.45, 7) is 3.94. The van der Waals surface area contributed by atoms with Crippen LogP contribution in [-0.4, -0.2) is 30.1 Å². The number of hydrogen-bond acceptors (Lipinski definition) is 6. The summed E-state index contributed by atoms with van der Waals surface area (Å²) in [6.07, 6.45) is 6.61. The van der Waals surface area contributed by atoms with Crippen molar-refractivity contribution in [2.75, 3.05) is 0 Å². The summed E-state index contributed by atoms with van der Waals surface area (Å²) in [7, 11) is 0. The molecule has 0 aliphatic carbocycles. The van der Waals surface area contributed by atoms with Crippen molar-refractivity contribution in [1.29, 1.82) is 0 Å². The van der Waals surface area contributed by atoms with Gasteiger partial charge in [0, 0.05) is 46.3 Å². The largest absolute Gasteiger partial charge is 0.507 e. The van der Waals surface area contributed by atoms with Gasteiger partial charge in [-0.2, -0.15) is 0 Å². The van der Waals surface area contributed by atoms with E-state index >= 15 is 0 Å². The zero-order valence-electron chi connectivity index (χ0n) is 24.2. The van der Waals surface area contributed by atoms with Crippen LogP contribution >= 0.6 is 0 Å². The van der Waals surface area contributed by atoms with Crippen LogP contribution in [0.1, 0.15) is 11.1 Å². The molecule has 0 aliphatic heterocycles. The summed E-state index contributed by atoms with van der Waals surface area (Å²) in [4.78, 5) is 19.2. The third kappa shape index (κ3) is 5.25. The summed E-state index contributed by atoms with van der Waals surface area (Å²) in [5.74, 6) is 0.160. The Labute approximate surface area is 253 Å². The molecular weight excluding hydrogens is 544 g/mol. The van der Waals surface area contributed by atoms with Crippen LogP contribution in [0.5, 0.6) is 11.5 Å². The molecule has 6 aromatic carbocycles. The molecule has 0 aliphatic rings. The second kappa shape index (κ2) is 11.1. The average molecular weight is 573 g/mol. The third-order valence-electron chi connectivity index (χ3n) is 7.68. The molecule has 0 fully saturated rings. The van der Waals surface area contributed by atoms with E-state index in [4.69, 9.17) is 19.9 Å². The van der Waals surface area contributed by atoms with E-state index in [0.29, 0.717) is 43.6 Å². The minimum absolute atomic E-state index is 0.0799. The normalized spacial score (nSPS) is 11.1. The van der Waals surface area contributed by atoms with Crippen LogP contribution in [0, 0.1) is 13.8 Å². The summed E-state index contributed by atoms with van der Waals surface area (Å²) < 4.78 is 0. The molecule has 1 heterocycles. The summed E-state index contributed by atoms with van der Waals surface area (Å²) in [5.41, 5.74) is 4.44. The van der Waals surface area contributed by atoms with E-state index in [2.05, 4.69) is 0 Å². The maximum atomic E-state index is 11.3. The van der Waals surface area contributed by atoms with Crippen LogP contribution < -0.4 is 0 Å². The maximum Gasteiger partial charge on any atom is 0.133 e. The van der Waals surface area contributed by atoms with Gasteiger partial charge in [-0.3, -0.25) is 19.9 Å². The first-order chi connectivity index (χ1) is 21.4. The van der Waals surface area contributed by atoms with Gasteiger partial charge in [-0.05, 0) is 95.1 Å². The van der Waals surface area contributed by atoms with E-state index in [1.54, 1.807) is 24.8 Å². The molecule has 6 heteroatoms. The van der Waals surface area contributed by atoms with E-state index in [-0.39, 0.29) is 11.5 Å². The number of phenols is 2. The second-order valence-electron chi connectivity index (χ2n) is 11.0. The predicted octanol–water partition coefficient (Wildman–Crippen LogP) is 9.02. The molecule has 7 rings (SSSR count). The number of rotatable bonds is 0. The van der Waals surface area contributed by atoms with Crippen LogP contribution in [0.3, 0.4) is 0 Å². The lowest BCUT2D eigenvalue weighted by molar-refractivity contribution is 0.486. The number of phenolic OH excluding ortho intramolecular Hbond substituents is 2. The minimum Gasteiger partial charge on any atom is -0.507 e. The Balaban J connectivity index is 1.65. The highest BCUT2D eigenvalue weighted by Gasteiger charge is 2.04. The van der Waals surface area contributed by atoms with E-state index in [1.165, 1.54) is 0 Å². The van der Waals surface area contributed by atoms with Crippen molar-refractivity contribution in [1.82, 2.24) is 19.9 Å². The Morgan fingerprint density at radius 2 is 0.614 bits per heavy atom. The molecule has 2 N–H and O–H groups in total. The molecule has 0 radical (unpaired) electrons. The van der Waals surface area contributed by atoms with Crippen molar-refractivity contribution in [3.8, 4) is 11.5 Å². The van der Waals surface area contributed by atoms with Gasteiger partial charge in [0.2, 0.25) is 0 Å². The van der Waals surface area contributed by atoms with Gasteiger partial charge in [-0.25, -0.2) is 0 Å². The van der Waals surface area contributed by atoms with Crippen molar-refractivity contribution >= 4 is 65.2 Å². The summed E-state index contributed by atoms with van der Waals surface area (Å²) >= 11 is 0. The highest BCUT2D eigenvalue weighted by Crippen LogP contribution is 2.28. The van der Waals surface area contributed by atoms with Crippen molar-refractivity contribution in [2.24, 2.45) is 0 Å². The Bertz CT molecular complexity index is 2120. The van der Waals surface area contributed by atoms with Crippen molar-refractivity contribution in [3.63, 3.8) is 0 Å². The van der Waals surface area contributed by atoms with Gasteiger partial charge in [-0.15, -0.1) is 0 Å². The van der Waals surface area contributed by atoms with Crippen LogP contribution in [0.25, 0.3) is 65.2 Å². The fourth-order valence-electron chi connectivity index (χ4n) is 5.47. The second-order valence-corrected chi connectivity index (χ2v) is 11.0. The predicted molar refractivity (Wildman–Crippen MR) is 180 cm³/mol. The first kappa shape index (κ1) is 27.0. The molecule has 44 heavy (non-hydrogen) atoms. The number of hydrogen-bond donors (Lipinski definition) is 2. The lowest BCUT2D eigenvalue weighted by atomic mass is 10.1. The molecule has 212 valence electrons. The fourth-order valence-corrected chi connectivity index (χ4v) is 5.47. The van der Waals surface area contributed by atoms with Crippen molar-refractivity contribution < 1.29 is 10.2 Å². The van der Waals surface area contributed by atoms with E-state index < -0.39 is 0 Å². The molecule has 4 bridgehead atoms. The smallest absolute Gasteiger partial charge is 0.133 e. The molecule has 6 nitrogen and oxygen atoms in total. The lowest BCUT2D eigenvalue weighted by Crippen LogP contribution is -1.83. The summed E-state index contributed by atoms with van der Waals surface area (Å²) in [5, 5.41) is 28.9. The Hall–Kier alpha value is -5.88. The Morgan fingerprint density at radius 3 is 0.864 bits per heavy atom. The van der Waals surface area contributed by atoms with E-state index in [0.717, 1.165) is 32.7 Å². The highest BCUT2D eigenvalue weighted by molar-refractivity contribution is 5.96. The SMILES string of the molecule is Cc1cc2cnc3cc4ccccc4cc3ncc3cc(C)cc(cnc4cc5ccccc5cc4ncc(c1)c2O)c3O. The zero-order valence-corrected chi connectivity index (χ0v) is 24.2. The minimum atomic E-state index is 0.0799. The highest BCUT2D eigenvalue weighted by atomic mass is 16.3. The van der Waals surface area contributed by atoms with Gasteiger partial charge in [0.1, 0.15) is 11.5 Å². The number of nitrogens with zero attached hydrogens (tertiary/aromatic N) is 4. The monoisotopic (exact) mass is 572 g/mol. The summed E-state index contributed by atoms with van der Waals surface area (Å²) in [6, 6.07) is 31.5. The molecule has 0 unspecified atom stereocenters. The van der Waals surface area contributed by atoms with Gasteiger partial charge in [0.25, 0.3) is 0 Å². The number of benzene rings is 6. The standard InChI is InChI=1S/C38H28N4O2/c1-23-11-29-19-39-33-15-25-7-3-5-9-27(25)17-35(33)41-21-31-13-24(2)14-32(38(31)44)22-42-36-18-28-10-6-4-8-26(28)16-34(36)40-20-30(12-23)37(29)43/h3-22,43-44H,1-2H3. The van der Waals surface area contributed by atoms with E-state index in [9.17, 15) is 10.2 Å². The Morgan fingerprint density at radius 1 is 0.364 bits per heavy atom. The average Bonchev–Trinajstić information content (AvgIpc) is 3.03. The molecule has 0 saturated heterocycles. The van der Waals surface area contributed by atoms with Crippen molar-refractivity contribution in [2.45, 2.75) is 13.8 Å². The fraction of sp³-hybridized carbons (Fsp3) is 0.0526. The topological polar surface area (TPSA) is 92.0 Å².